The molecule has 0 saturated heterocycles. The summed E-state index contributed by atoms with van der Waals surface area (Å²) < 4.78 is 10.3. The van der Waals surface area contributed by atoms with Gasteiger partial charge in [-0.05, 0) is 31.2 Å². The van der Waals surface area contributed by atoms with Gasteiger partial charge in [0, 0.05) is 0 Å². The monoisotopic (exact) mass is 392 g/mol. The molecule has 0 aliphatic rings. The van der Waals surface area contributed by atoms with E-state index >= 15 is 0 Å². The molecule has 1 amide bonds. The highest BCUT2D eigenvalue weighted by molar-refractivity contribution is 6.03. The zero-order valence-corrected chi connectivity index (χ0v) is 16.0. The Labute approximate surface area is 167 Å². The molecule has 3 aromatic rings. The number of anilines is 3. The van der Waals surface area contributed by atoms with Crippen LogP contribution >= 0.6 is 0 Å². The molecular formula is C21H20N4O4. The first-order valence-corrected chi connectivity index (χ1v) is 8.92. The largest absolute Gasteiger partial charge is 0.495 e. The molecule has 1 heterocycles. The van der Waals surface area contributed by atoms with Gasteiger partial charge in [-0.15, -0.1) is 0 Å². The van der Waals surface area contributed by atoms with Gasteiger partial charge in [-0.25, -0.2) is 14.8 Å². The van der Waals surface area contributed by atoms with Gasteiger partial charge in [0.15, 0.2) is 0 Å². The summed E-state index contributed by atoms with van der Waals surface area (Å²) in [6.07, 6.45) is 2.76. The predicted molar refractivity (Wildman–Crippen MR) is 109 cm³/mol. The number of methoxy groups -OCH3 is 1. The van der Waals surface area contributed by atoms with Crippen molar-refractivity contribution >= 4 is 29.1 Å². The van der Waals surface area contributed by atoms with E-state index in [0.29, 0.717) is 28.5 Å². The molecule has 29 heavy (non-hydrogen) atoms. The lowest BCUT2D eigenvalue weighted by Crippen LogP contribution is -2.15. The Balaban J connectivity index is 1.73. The Morgan fingerprint density at radius 1 is 0.966 bits per heavy atom. The molecule has 8 nitrogen and oxygen atoms in total. The summed E-state index contributed by atoms with van der Waals surface area (Å²) in [6.45, 7) is 2.03. The average molecular weight is 392 g/mol. The maximum absolute atomic E-state index is 12.4. The van der Waals surface area contributed by atoms with Crippen LogP contribution < -0.4 is 15.4 Å². The van der Waals surface area contributed by atoms with Crippen molar-refractivity contribution in [1.82, 2.24) is 9.97 Å². The third-order valence-corrected chi connectivity index (χ3v) is 3.92. The number of aromatic nitrogens is 2. The summed E-state index contributed by atoms with van der Waals surface area (Å²) in [4.78, 5) is 32.8. The number of hydrogen-bond donors (Lipinski definition) is 2. The predicted octanol–water partition coefficient (Wildman–Crippen LogP) is 3.66. The fourth-order valence-corrected chi connectivity index (χ4v) is 2.56. The van der Waals surface area contributed by atoms with Crippen molar-refractivity contribution in [2.45, 2.75) is 6.92 Å². The Kier molecular flexibility index (Phi) is 6.36. The summed E-state index contributed by atoms with van der Waals surface area (Å²) in [7, 11) is 1.53. The van der Waals surface area contributed by atoms with E-state index in [2.05, 4.69) is 20.6 Å². The zero-order chi connectivity index (χ0) is 20.6. The zero-order valence-electron chi connectivity index (χ0n) is 16.0. The van der Waals surface area contributed by atoms with Crippen LogP contribution in [-0.2, 0) is 4.74 Å². The van der Waals surface area contributed by atoms with Crippen LogP contribution in [0.4, 0.5) is 17.2 Å². The van der Waals surface area contributed by atoms with Crippen LogP contribution in [0.25, 0.3) is 0 Å². The lowest BCUT2D eigenvalue weighted by Gasteiger charge is -2.11. The van der Waals surface area contributed by atoms with Crippen LogP contribution in [0.5, 0.6) is 5.75 Å². The molecule has 1 aromatic heterocycles. The Hall–Kier alpha value is -3.94. The molecule has 0 spiro atoms. The Morgan fingerprint density at radius 2 is 1.69 bits per heavy atom. The second-order valence-electron chi connectivity index (χ2n) is 5.83. The molecule has 148 valence electrons. The number of rotatable bonds is 7. The molecule has 2 aromatic carbocycles. The highest BCUT2D eigenvalue weighted by Gasteiger charge is 2.14. The van der Waals surface area contributed by atoms with E-state index in [-0.39, 0.29) is 12.3 Å². The maximum Gasteiger partial charge on any atom is 0.340 e. The highest BCUT2D eigenvalue weighted by Crippen LogP contribution is 2.24. The number of hydrogen-bond acceptors (Lipinski definition) is 7. The standard InChI is InChI=1S/C21H20N4O4/c1-3-29-21(27)14-8-4-5-9-15(14)24-19-13-22-17(12-23-19)20(26)25-16-10-6-7-11-18(16)28-2/h4-13H,3H2,1-2H3,(H,23,24)(H,25,26). The molecule has 3 rings (SSSR count). The van der Waals surface area contributed by atoms with Crippen molar-refractivity contribution in [3.63, 3.8) is 0 Å². The minimum atomic E-state index is -0.434. The van der Waals surface area contributed by atoms with Gasteiger partial charge in [-0.2, -0.15) is 0 Å². The SMILES string of the molecule is CCOC(=O)c1ccccc1Nc1cnc(C(=O)Nc2ccccc2OC)cn1. The molecule has 2 N–H and O–H groups in total. The van der Waals surface area contributed by atoms with Crippen LogP contribution in [0.3, 0.4) is 0 Å². The van der Waals surface area contributed by atoms with E-state index in [1.807, 2.05) is 6.07 Å². The van der Waals surface area contributed by atoms with Gasteiger partial charge in [0.2, 0.25) is 0 Å². The number of ether oxygens (including phenoxy) is 2. The lowest BCUT2D eigenvalue weighted by molar-refractivity contribution is 0.0527. The van der Waals surface area contributed by atoms with Crippen molar-refractivity contribution < 1.29 is 19.1 Å². The van der Waals surface area contributed by atoms with Gasteiger partial charge in [0.1, 0.15) is 17.3 Å². The summed E-state index contributed by atoms with van der Waals surface area (Å²) in [6, 6.07) is 14.0. The van der Waals surface area contributed by atoms with Crippen LogP contribution in [0.15, 0.2) is 60.9 Å². The highest BCUT2D eigenvalue weighted by atomic mass is 16.5. The van der Waals surface area contributed by atoms with Gasteiger partial charge in [-0.1, -0.05) is 24.3 Å². The van der Waals surface area contributed by atoms with Crippen LogP contribution in [0.2, 0.25) is 0 Å². The van der Waals surface area contributed by atoms with E-state index < -0.39 is 11.9 Å². The molecule has 0 fully saturated rings. The molecule has 8 heteroatoms. The van der Waals surface area contributed by atoms with Gasteiger partial charge in [0.25, 0.3) is 5.91 Å². The molecule has 0 bridgehead atoms. The third-order valence-electron chi connectivity index (χ3n) is 3.92. The quantitative estimate of drug-likeness (QED) is 0.592. The van der Waals surface area contributed by atoms with Crippen LogP contribution in [0.1, 0.15) is 27.8 Å². The summed E-state index contributed by atoms with van der Waals surface area (Å²) in [5.74, 6) is 0.0788. The first-order chi connectivity index (χ1) is 14.1. The first kappa shape index (κ1) is 19.8. The van der Waals surface area contributed by atoms with Crippen molar-refractivity contribution in [3.8, 4) is 5.75 Å². The summed E-state index contributed by atoms with van der Waals surface area (Å²) in [5.41, 5.74) is 1.59. The molecule has 0 aliphatic heterocycles. The van der Waals surface area contributed by atoms with E-state index in [1.54, 1.807) is 49.4 Å². The lowest BCUT2D eigenvalue weighted by atomic mass is 10.2. The fourth-order valence-electron chi connectivity index (χ4n) is 2.56. The van der Waals surface area contributed by atoms with Crippen molar-refractivity contribution in [2.24, 2.45) is 0 Å². The Morgan fingerprint density at radius 3 is 2.38 bits per heavy atom. The molecular weight excluding hydrogens is 372 g/mol. The minimum absolute atomic E-state index is 0.139. The summed E-state index contributed by atoms with van der Waals surface area (Å²) >= 11 is 0. The van der Waals surface area contributed by atoms with Gasteiger partial charge >= 0.3 is 5.97 Å². The van der Waals surface area contributed by atoms with E-state index in [4.69, 9.17) is 9.47 Å². The van der Waals surface area contributed by atoms with Crippen LogP contribution in [-0.4, -0.2) is 35.6 Å². The molecule has 0 saturated carbocycles. The number of para-hydroxylation sites is 3. The minimum Gasteiger partial charge on any atom is -0.495 e. The second-order valence-corrected chi connectivity index (χ2v) is 5.83. The van der Waals surface area contributed by atoms with Gasteiger partial charge < -0.3 is 20.1 Å². The van der Waals surface area contributed by atoms with E-state index in [0.717, 1.165) is 0 Å². The van der Waals surface area contributed by atoms with Crippen molar-refractivity contribution in [3.05, 3.63) is 72.2 Å². The Bertz CT molecular complexity index is 1010. The number of benzene rings is 2. The summed E-state index contributed by atoms with van der Waals surface area (Å²) in [5, 5.41) is 5.76. The van der Waals surface area contributed by atoms with Gasteiger partial charge in [0.05, 0.1) is 43.0 Å². The number of amides is 1. The van der Waals surface area contributed by atoms with Gasteiger partial charge in [-0.3, -0.25) is 4.79 Å². The van der Waals surface area contributed by atoms with E-state index in [9.17, 15) is 9.59 Å². The molecule has 0 unspecified atom stereocenters. The number of carbonyl (C=O) groups is 2. The smallest absolute Gasteiger partial charge is 0.340 e. The normalized spacial score (nSPS) is 10.1. The third kappa shape index (κ3) is 4.86. The number of esters is 1. The number of nitrogens with zero attached hydrogens (tertiary/aromatic N) is 2. The molecule has 0 radical (unpaired) electrons. The average Bonchev–Trinajstić information content (AvgIpc) is 2.75. The van der Waals surface area contributed by atoms with Crippen LogP contribution in [0, 0.1) is 0 Å². The van der Waals surface area contributed by atoms with Crippen molar-refractivity contribution in [1.29, 1.82) is 0 Å². The molecule has 0 atom stereocenters. The molecule has 0 aliphatic carbocycles. The maximum atomic E-state index is 12.4. The fraction of sp³-hybridized carbons (Fsp3) is 0.143. The number of carbonyl (C=O) groups excluding carboxylic acids is 2. The van der Waals surface area contributed by atoms with Crippen molar-refractivity contribution in [2.75, 3.05) is 24.4 Å². The van der Waals surface area contributed by atoms with E-state index in [1.165, 1.54) is 19.5 Å². The first-order valence-electron chi connectivity index (χ1n) is 8.92. The topological polar surface area (TPSA) is 102 Å². The number of nitrogens with one attached hydrogen (secondary N) is 2. The second kappa shape index (κ2) is 9.32.